The van der Waals surface area contributed by atoms with Crippen molar-refractivity contribution >= 4 is 0 Å². The molecule has 0 spiro atoms. The van der Waals surface area contributed by atoms with Crippen LogP contribution in [0.5, 0.6) is 0 Å². The number of hydrogen-bond donors (Lipinski definition) is 1. The van der Waals surface area contributed by atoms with Crippen LogP contribution in [0.1, 0.15) is 24.5 Å². The van der Waals surface area contributed by atoms with Crippen LogP contribution in [-0.4, -0.2) is 25.0 Å². The molecule has 92 valence electrons. The Bertz CT molecular complexity index is 396. The van der Waals surface area contributed by atoms with Gasteiger partial charge in [0.05, 0.1) is 0 Å². The molecule has 0 aliphatic carbocycles. The van der Waals surface area contributed by atoms with Gasteiger partial charge in [-0.25, -0.2) is 0 Å². The quantitative estimate of drug-likeness (QED) is 0.800. The fourth-order valence-corrected chi connectivity index (χ4v) is 2.44. The molecular weight excluding hydrogens is 208 g/mol. The van der Waals surface area contributed by atoms with E-state index in [1.165, 1.54) is 29.7 Å². The third-order valence-corrected chi connectivity index (χ3v) is 3.29. The van der Waals surface area contributed by atoms with Crippen molar-refractivity contribution in [2.75, 3.05) is 20.1 Å². The highest BCUT2D eigenvalue weighted by atomic mass is 15.1. The van der Waals surface area contributed by atoms with E-state index >= 15 is 0 Å². The van der Waals surface area contributed by atoms with Gasteiger partial charge in [0.15, 0.2) is 0 Å². The van der Waals surface area contributed by atoms with Crippen LogP contribution < -0.4 is 5.32 Å². The summed E-state index contributed by atoms with van der Waals surface area (Å²) in [6.45, 7) is 6.56. The van der Waals surface area contributed by atoms with Gasteiger partial charge >= 0.3 is 0 Å². The molecule has 1 aromatic carbocycles. The summed E-state index contributed by atoms with van der Waals surface area (Å²) >= 11 is 0. The predicted octanol–water partition coefficient (Wildman–Crippen LogP) is 2.56. The number of nitrogens with zero attached hydrogens (tertiary/aromatic N) is 1. The zero-order valence-corrected chi connectivity index (χ0v) is 10.9. The molecule has 1 aliphatic heterocycles. The van der Waals surface area contributed by atoms with Crippen molar-refractivity contribution < 1.29 is 0 Å². The summed E-state index contributed by atoms with van der Waals surface area (Å²) in [5.41, 5.74) is 4.38. The summed E-state index contributed by atoms with van der Waals surface area (Å²) in [5.74, 6) is 0. The SMILES string of the molecule is CNCc1ccccc1CN1CCC=C(C)C1. The first-order valence-electron chi connectivity index (χ1n) is 6.39. The van der Waals surface area contributed by atoms with Crippen molar-refractivity contribution in [3.63, 3.8) is 0 Å². The molecule has 0 aromatic heterocycles. The average Bonchev–Trinajstić information content (AvgIpc) is 2.32. The maximum Gasteiger partial charge on any atom is 0.0240 e. The number of hydrogen-bond acceptors (Lipinski definition) is 2. The van der Waals surface area contributed by atoms with Gasteiger partial charge in [-0.15, -0.1) is 0 Å². The Morgan fingerprint density at radius 3 is 2.71 bits per heavy atom. The minimum Gasteiger partial charge on any atom is -0.316 e. The lowest BCUT2D eigenvalue weighted by molar-refractivity contribution is 0.281. The van der Waals surface area contributed by atoms with E-state index in [9.17, 15) is 0 Å². The summed E-state index contributed by atoms with van der Waals surface area (Å²) in [6, 6.07) is 8.73. The van der Waals surface area contributed by atoms with Gasteiger partial charge in [-0.05, 0) is 31.5 Å². The predicted molar refractivity (Wildman–Crippen MR) is 72.9 cm³/mol. The Morgan fingerprint density at radius 1 is 1.24 bits per heavy atom. The minimum absolute atomic E-state index is 0.957. The van der Waals surface area contributed by atoms with Crippen LogP contribution >= 0.6 is 0 Å². The maximum atomic E-state index is 3.24. The van der Waals surface area contributed by atoms with E-state index in [4.69, 9.17) is 0 Å². The van der Waals surface area contributed by atoms with E-state index in [1.54, 1.807) is 0 Å². The van der Waals surface area contributed by atoms with Gasteiger partial charge in [0.25, 0.3) is 0 Å². The zero-order valence-electron chi connectivity index (χ0n) is 10.9. The molecule has 0 bridgehead atoms. The first kappa shape index (κ1) is 12.3. The lowest BCUT2D eigenvalue weighted by Crippen LogP contribution is -2.29. The molecule has 1 heterocycles. The standard InChI is InChI=1S/C15H22N2/c1-13-6-5-9-17(11-13)12-15-8-4-3-7-14(15)10-16-2/h3-4,6-8,16H,5,9-12H2,1-2H3. The van der Waals surface area contributed by atoms with E-state index in [-0.39, 0.29) is 0 Å². The second kappa shape index (κ2) is 5.99. The van der Waals surface area contributed by atoms with Crippen molar-refractivity contribution in [1.82, 2.24) is 10.2 Å². The molecule has 0 fully saturated rings. The second-order valence-electron chi connectivity index (χ2n) is 4.85. The summed E-state index contributed by atoms with van der Waals surface area (Å²) < 4.78 is 0. The molecule has 1 N–H and O–H groups in total. The van der Waals surface area contributed by atoms with E-state index in [2.05, 4.69) is 47.5 Å². The molecule has 1 aromatic rings. The van der Waals surface area contributed by atoms with Gasteiger partial charge in [-0.1, -0.05) is 35.9 Å². The Balaban J connectivity index is 2.05. The Labute approximate surface area is 104 Å². The first-order chi connectivity index (χ1) is 8.29. The smallest absolute Gasteiger partial charge is 0.0240 e. The van der Waals surface area contributed by atoms with Crippen molar-refractivity contribution in [2.45, 2.75) is 26.4 Å². The third-order valence-electron chi connectivity index (χ3n) is 3.29. The highest BCUT2D eigenvalue weighted by molar-refractivity contribution is 5.27. The van der Waals surface area contributed by atoms with Gasteiger partial charge in [0, 0.05) is 26.2 Å². The van der Waals surface area contributed by atoms with Crippen molar-refractivity contribution in [1.29, 1.82) is 0 Å². The first-order valence-corrected chi connectivity index (χ1v) is 6.39. The molecule has 2 rings (SSSR count). The molecule has 0 unspecified atom stereocenters. The zero-order chi connectivity index (χ0) is 12.1. The normalized spacial score (nSPS) is 16.9. The van der Waals surface area contributed by atoms with E-state index in [0.29, 0.717) is 0 Å². The minimum atomic E-state index is 0.957. The maximum absolute atomic E-state index is 3.24. The number of rotatable bonds is 4. The van der Waals surface area contributed by atoms with Crippen LogP contribution in [0.4, 0.5) is 0 Å². The highest BCUT2D eigenvalue weighted by Crippen LogP contribution is 2.15. The van der Waals surface area contributed by atoms with Crippen molar-refractivity contribution in [3.8, 4) is 0 Å². The molecule has 17 heavy (non-hydrogen) atoms. The molecule has 0 saturated carbocycles. The molecule has 0 radical (unpaired) electrons. The molecule has 2 heteroatoms. The van der Waals surface area contributed by atoms with E-state index in [1.807, 2.05) is 7.05 Å². The lowest BCUT2D eigenvalue weighted by atomic mass is 10.1. The van der Waals surface area contributed by atoms with Crippen LogP contribution in [0.3, 0.4) is 0 Å². The van der Waals surface area contributed by atoms with Crippen molar-refractivity contribution in [2.24, 2.45) is 0 Å². The van der Waals surface area contributed by atoms with Crippen LogP contribution in [-0.2, 0) is 13.1 Å². The van der Waals surface area contributed by atoms with Gasteiger partial charge < -0.3 is 5.32 Å². The van der Waals surface area contributed by atoms with Crippen LogP contribution in [0.25, 0.3) is 0 Å². The van der Waals surface area contributed by atoms with Gasteiger partial charge in [-0.3, -0.25) is 4.90 Å². The molecular formula is C15H22N2. The molecule has 2 nitrogen and oxygen atoms in total. The van der Waals surface area contributed by atoms with Crippen LogP contribution in [0.15, 0.2) is 35.9 Å². The monoisotopic (exact) mass is 230 g/mol. The van der Waals surface area contributed by atoms with E-state index in [0.717, 1.165) is 19.6 Å². The Morgan fingerprint density at radius 2 is 2.00 bits per heavy atom. The fourth-order valence-electron chi connectivity index (χ4n) is 2.44. The van der Waals surface area contributed by atoms with Gasteiger partial charge in [0.2, 0.25) is 0 Å². The number of nitrogens with one attached hydrogen (secondary N) is 1. The van der Waals surface area contributed by atoms with Crippen LogP contribution in [0, 0.1) is 0 Å². The molecule has 0 amide bonds. The fraction of sp³-hybridized carbons (Fsp3) is 0.467. The molecule has 0 atom stereocenters. The Hall–Kier alpha value is -1.12. The van der Waals surface area contributed by atoms with Gasteiger partial charge in [-0.2, -0.15) is 0 Å². The lowest BCUT2D eigenvalue weighted by Gasteiger charge is -2.26. The topological polar surface area (TPSA) is 15.3 Å². The third kappa shape index (κ3) is 3.42. The van der Waals surface area contributed by atoms with Gasteiger partial charge in [0.1, 0.15) is 0 Å². The Kier molecular flexibility index (Phi) is 4.35. The number of benzene rings is 1. The summed E-state index contributed by atoms with van der Waals surface area (Å²) in [6.07, 6.45) is 3.55. The van der Waals surface area contributed by atoms with E-state index < -0.39 is 0 Å². The highest BCUT2D eigenvalue weighted by Gasteiger charge is 2.11. The average molecular weight is 230 g/mol. The summed E-state index contributed by atoms with van der Waals surface area (Å²) in [7, 11) is 2.00. The van der Waals surface area contributed by atoms with Crippen molar-refractivity contribution in [3.05, 3.63) is 47.0 Å². The largest absolute Gasteiger partial charge is 0.316 e. The summed E-state index contributed by atoms with van der Waals surface area (Å²) in [5, 5.41) is 3.24. The summed E-state index contributed by atoms with van der Waals surface area (Å²) in [4.78, 5) is 2.53. The molecule has 0 saturated heterocycles. The molecule has 1 aliphatic rings. The second-order valence-corrected chi connectivity index (χ2v) is 4.85. The van der Waals surface area contributed by atoms with Crippen LogP contribution in [0.2, 0.25) is 0 Å².